The molecule has 1 aliphatic carbocycles. The maximum Gasteiger partial charge on any atom is 0.131 e. The molecule has 0 bridgehead atoms. The van der Waals surface area contributed by atoms with E-state index >= 15 is 0 Å². The van der Waals surface area contributed by atoms with E-state index < -0.39 is 0 Å². The predicted molar refractivity (Wildman–Crippen MR) is 86.2 cm³/mol. The van der Waals surface area contributed by atoms with E-state index in [1.165, 1.54) is 49.0 Å². The van der Waals surface area contributed by atoms with Crippen LogP contribution in [0.25, 0.3) is 0 Å². The lowest BCUT2D eigenvalue weighted by atomic mass is 9.94. The Morgan fingerprint density at radius 2 is 2.05 bits per heavy atom. The van der Waals surface area contributed by atoms with Crippen molar-refractivity contribution in [1.29, 1.82) is 0 Å². The molecule has 2 N–H and O–H groups in total. The molecule has 1 fully saturated rings. The molecule has 0 radical (unpaired) electrons. The van der Waals surface area contributed by atoms with Gasteiger partial charge in [0.05, 0.1) is 0 Å². The first-order chi connectivity index (χ1) is 9.61. The molecule has 0 saturated heterocycles. The summed E-state index contributed by atoms with van der Waals surface area (Å²) in [5.74, 6) is 1.17. The number of nitrogens with two attached hydrogens (primary N) is 1. The van der Waals surface area contributed by atoms with Gasteiger partial charge in [0, 0.05) is 24.8 Å². The lowest BCUT2D eigenvalue weighted by Crippen LogP contribution is -2.37. The number of rotatable bonds is 5. The summed E-state index contributed by atoms with van der Waals surface area (Å²) in [5, 5.41) is 0. The molecule has 0 spiro atoms. The summed E-state index contributed by atoms with van der Waals surface area (Å²) in [7, 11) is 0. The molecule has 3 nitrogen and oxygen atoms in total. The van der Waals surface area contributed by atoms with Gasteiger partial charge in [-0.3, -0.25) is 0 Å². The van der Waals surface area contributed by atoms with Crippen LogP contribution in [-0.2, 0) is 6.42 Å². The van der Waals surface area contributed by atoms with Crippen molar-refractivity contribution in [2.75, 3.05) is 11.4 Å². The van der Waals surface area contributed by atoms with Crippen molar-refractivity contribution >= 4 is 5.82 Å². The molecule has 1 aromatic rings. The van der Waals surface area contributed by atoms with Gasteiger partial charge in [-0.1, -0.05) is 25.3 Å². The monoisotopic (exact) mass is 275 g/mol. The zero-order valence-electron chi connectivity index (χ0n) is 13.2. The Morgan fingerprint density at radius 3 is 2.60 bits per heavy atom. The second-order valence-corrected chi connectivity index (χ2v) is 6.24. The van der Waals surface area contributed by atoms with E-state index in [4.69, 9.17) is 10.7 Å². The van der Waals surface area contributed by atoms with E-state index in [-0.39, 0.29) is 6.04 Å². The summed E-state index contributed by atoms with van der Waals surface area (Å²) in [4.78, 5) is 7.25. The van der Waals surface area contributed by atoms with Crippen LogP contribution in [0, 0.1) is 6.92 Å². The van der Waals surface area contributed by atoms with Crippen LogP contribution in [0.4, 0.5) is 5.82 Å². The van der Waals surface area contributed by atoms with Crippen molar-refractivity contribution in [3.05, 3.63) is 23.4 Å². The number of hydrogen-bond acceptors (Lipinski definition) is 3. The number of pyridine rings is 1. The molecule has 1 aromatic heterocycles. The lowest BCUT2D eigenvalue weighted by molar-refractivity contribution is 0.416. The molecule has 20 heavy (non-hydrogen) atoms. The average molecular weight is 275 g/mol. The number of nitrogens with zero attached hydrogens (tertiary/aromatic N) is 2. The molecular formula is C17H29N3. The van der Waals surface area contributed by atoms with Crippen LogP contribution in [0.5, 0.6) is 0 Å². The zero-order chi connectivity index (χ0) is 14.5. The third-order valence-electron chi connectivity index (χ3n) is 4.29. The Labute approximate surface area is 123 Å². The van der Waals surface area contributed by atoms with Gasteiger partial charge >= 0.3 is 0 Å². The second-order valence-electron chi connectivity index (χ2n) is 6.24. The molecule has 0 amide bonds. The summed E-state index contributed by atoms with van der Waals surface area (Å²) < 4.78 is 0. The van der Waals surface area contributed by atoms with Crippen LogP contribution < -0.4 is 10.6 Å². The van der Waals surface area contributed by atoms with Crippen LogP contribution in [-0.4, -0.2) is 23.6 Å². The largest absolute Gasteiger partial charge is 0.354 e. The van der Waals surface area contributed by atoms with Crippen molar-refractivity contribution in [3.8, 4) is 0 Å². The van der Waals surface area contributed by atoms with Crippen molar-refractivity contribution in [2.45, 2.75) is 71.4 Å². The molecule has 0 aromatic carbocycles. The molecule has 0 aliphatic heterocycles. The van der Waals surface area contributed by atoms with Gasteiger partial charge in [0.2, 0.25) is 0 Å². The topological polar surface area (TPSA) is 42.2 Å². The van der Waals surface area contributed by atoms with Gasteiger partial charge in [-0.15, -0.1) is 0 Å². The average Bonchev–Trinajstić information content (AvgIpc) is 2.42. The van der Waals surface area contributed by atoms with E-state index in [2.05, 4.69) is 24.8 Å². The Hall–Kier alpha value is -1.09. The fraction of sp³-hybridized carbons (Fsp3) is 0.706. The summed E-state index contributed by atoms with van der Waals surface area (Å²) in [6, 6.07) is 3.14. The smallest absolute Gasteiger partial charge is 0.131 e. The van der Waals surface area contributed by atoms with E-state index in [1.807, 2.05) is 13.1 Å². The van der Waals surface area contributed by atoms with Crippen molar-refractivity contribution in [1.82, 2.24) is 4.98 Å². The van der Waals surface area contributed by atoms with E-state index in [0.717, 1.165) is 13.0 Å². The first kappa shape index (κ1) is 15.3. The summed E-state index contributed by atoms with van der Waals surface area (Å²) in [5.41, 5.74) is 8.42. The third-order valence-corrected chi connectivity index (χ3v) is 4.29. The Kier molecular flexibility index (Phi) is 5.41. The van der Waals surface area contributed by atoms with Crippen LogP contribution in [0.15, 0.2) is 12.3 Å². The highest BCUT2D eigenvalue weighted by Gasteiger charge is 2.22. The highest BCUT2D eigenvalue weighted by Crippen LogP contribution is 2.28. The fourth-order valence-corrected chi connectivity index (χ4v) is 3.38. The Bertz CT molecular complexity index is 422. The summed E-state index contributed by atoms with van der Waals surface area (Å²) in [6.45, 7) is 7.51. The molecule has 112 valence electrons. The standard InChI is InChI=1S/C17H29N3/c1-4-20(16-8-6-5-7-9-16)17-13(2)10-15(12-19-17)11-14(3)18/h10,12,14,16H,4-9,11,18H2,1-3H3. The first-order valence-corrected chi connectivity index (χ1v) is 8.09. The van der Waals surface area contributed by atoms with Gasteiger partial charge in [0.15, 0.2) is 0 Å². The second kappa shape index (κ2) is 7.07. The van der Waals surface area contributed by atoms with Gasteiger partial charge in [-0.2, -0.15) is 0 Å². The quantitative estimate of drug-likeness (QED) is 0.895. The van der Waals surface area contributed by atoms with Gasteiger partial charge < -0.3 is 10.6 Å². The zero-order valence-corrected chi connectivity index (χ0v) is 13.2. The van der Waals surface area contributed by atoms with E-state index in [0.29, 0.717) is 6.04 Å². The molecule has 1 saturated carbocycles. The minimum Gasteiger partial charge on any atom is -0.354 e. The first-order valence-electron chi connectivity index (χ1n) is 8.09. The molecule has 1 atom stereocenters. The molecule has 1 unspecified atom stereocenters. The van der Waals surface area contributed by atoms with Gasteiger partial charge in [-0.25, -0.2) is 4.98 Å². The summed E-state index contributed by atoms with van der Waals surface area (Å²) >= 11 is 0. The number of anilines is 1. The minimum absolute atomic E-state index is 0.197. The van der Waals surface area contributed by atoms with Crippen LogP contribution in [0.2, 0.25) is 0 Å². The highest BCUT2D eigenvalue weighted by molar-refractivity contribution is 5.48. The van der Waals surface area contributed by atoms with Crippen molar-refractivity contribution in [2.24, 2.45) is 5.73 Å². The van der Waals surface area contributed by atoms with Crippen molar-refractivity contribution in [3.63, 3.8) is 0 Å². The van der Waals surface area contributed by atoms with E-state index in [1.54, 1.807) is 0 Å². The maximum atomic E-state index is 5.88. The van der Waals surface area contributed by atoms with Gasteiger partial charge in [0.1, 0.15) is 5.82 Å². The third kappa shape index (κ3) is 3.72. The maximum absolute atomic E-state index is 5.88. The Balaban J connectivity index is 2.16. The lowest BCUT2D eigenvalue weighted by Gasteiger charge is -2.35. The predicted octanol–water partition coefficient (Wildman–Crippen LogP) is 3.44. The van der Waals surface area contributed by atoms with Crippen LogP contribution in [0.3, 0.4) is 0 Å². The minimum atomic E-state index is 0.197. The summed E-state index contributed by atoms with van der Waals surface area (Å²) in [6.07, 6.45) is 9.67. The Morgan fingerprint density at radius 1 is 1.35 bits per heavy atom. The number of aryl methyl sites for hydroxylation is 1. The van der Waals surface area contributed by atoms with Gasteiger partial charge in [-0.05, 0) is 51.2 Å². The van der Waals surface area contributed by atoms with Crippen LogP contribution in [0.1, 0.15) is 57.1 Å². The van der Waals surface area contributed by atoms with Crippen LogP contribution >= 0.6 is 0 Å². The molecular weight excluding hydrogens is 246 g/mol. The molecule has 3 heteroatoms. The fourth-order valence-electron chi connectivity index (χ4n) is 3.38. The highest BCUT2D eigenvalue weighted by atomic mass is 15.2. The normalized spacial score (nSPS) is 18.0. The number of hydrogen-bond donors (Lipinski definition) is 1. The van der Waals surface area contributed by atoms with Gasteiger partial charge in [0.25, 0.3) is 0 Å². The molecule has 1 aliphatic rings. The molecule has 1 heterocycles. The number of aromatic nitrogens is 1. The van der Waals surface area contributed by atoms with Crippen molar-refractivity contribution < 1.29 is 0 Å². The van der Waals surface area contributed by atoms with E-state index in [9.17, 15) is 0 Å². The SMILES string of the molecule is CCN(c1ncc(CC(C)N)cc1C)C1CCCCC1. The molecule has 2 rings (SSSR count).